The fourth-order valence-electron chi connectivity index (χ4n) is 1.82. The number of benzene rings is 1. The van der Waals surface area contributed by atoms with Crippen LogP contribution in [0.2, 0.25) is 0 Å². The highest BCUT2D eigenvalue weighted by Gasteiger charge is 2.10. The van der Waals surface area contributed by atoms with Crippen molar-refractivity contribution >= 4 is 17.3 Å². The molecular formula is C16H18FN3O. The molecule has 5 heteroatoms. The lowest BCUT2D eigenvalue weighted by Gasteiger charge is -2.08. The Morgan fingerprint density at radius 2 is 2.10 bits per heavy atom. The van der Waals surface area contributed by atoms with Crippen LogP contribution in [0.25, 0.3) is 0 Å². The minimum absolute atomic E-state index is 0.162. The third kappa shape index (κ3) is 4.02. The van der Waals surface area contributed by atoms with Gasteiger partial charge in [-0.25, -0.2) is 9.37 Å². The van der Waals surface area contributed by atoms with Crippen LogP contribution < -0.4 is 10.6 Å². The molecule has 1 heterocycles. The molecule has 1 aromatic carbocycles. The Kier molecular flexibility index (Phi) is 4.87. The van der Waals surface area contributed by atoms with Gasteiger partial charge in [0.05, 0.1) is 17.6 Å². The normalized spacial score (nSPS) is 10.2. The van der Waals surface area contributed by atoms with E-state index in [-0.39, 0.29) is 11.4 Å². The summed E-state index contributed by atoms with van der Waals surface area (Å²) in [5.74, 6) is -0.892. The zero-order valence-corrected chi connectivity index (χ0v) is 12.1. The lowest BCUT2D eigenvalue weighted by Crippen LogP contribution is -2.15. The lowest BCUT2D eigenvalue weighted by atomic mass is 10.2. The van der Waals surface area contributed by atoms with Crippen LogP contribution in [0.15, 0.2) is 36.5 Å². The number of aromatic nitrogens is 1. The van der Waals surface area contributed by atoms with Crippen molar-refractivity contribution in [1.29, 1.82) is 0 Å². The highest BCUT2D eigenvalue weighted by atomic mass is 19.1. The van der Waals surface area contributed by atoms with E-state index in [1.54, 1.807) is 30.5 Å². The van der Waals surface area contributed by atoms with Crippen LogP contribution in [0.4, 0.5) is 15.8 Å². The van der Waals surface area contributed by atoms with Gasteiger partial charge in [0.15, 0.2) is 0 Å². The predicted octanol–water partition coefficient (Wildman–Crippen LogP) is 3.60. The molecular weight excluding hydrogens is 269 g/mol. The van der Waals surface area contributed by atoms with Gasteiger partial charge >= 0.3 is 0 Å². The minimum Gasteiger partial charge on any atom is -0.384 e. The Hall–Kier alpha value is -2.43. The zero-order chi connectivity index (χ0) is 15.2. The molecule has 0 spiro atoms. The number of rotatable bonds is 5. The van der Waals surface area contributed by atoms with E-state index in [1.165, 1.54) is 6.07 Å². The van der Waals surface area contributed by atoms with Crippen LogP contribution in [0.3, 0.4) is 0 Å². The second kappa shape index (κ2) is 6.83. The molecule has 0 atom stereocenters. The van der Waals surface area contributed by atoms with Crippen LogP contribution >= 0.6 is 0 Å². The smallest absolute Gasteiger partial charge is 0.274 e. The van der Waals surface area contributed by atoms with Gasteiger partial charge in [0.2, 0.25) is 0 Å². The number of hydrogen-bond acceptors (Lipinski definition) is 3. The van der Waals surface area contributed by atoms with Crippen LogP contribution in [0.1, 0.15) is 29.4 Å². The summed E-state index contributed by atoms with van der Waals surface area (Å²) in [6, 6.07) is 7.96. The molecule has 1 amide bonds. The zero-order valence-electron chi connectivity index (χ0n) is 12.1. The number of amides is 1. The van der Waals surface area contributed by atoms with E-state index in [4.69, 9.17) is 0 Å². The van der Waals surface area contributed by atoms with Crippen molar-refractivity contribution in [3.05, 3.63) is 53.6 Å². The summed E-state index contributed by atoms with van der Waals surface area (Å²) in [6.07, 6.45) is 2.60. The summed E-state index contributed by atoms with van der Waals surface area (Å²) in [5, 5.41) is 5.71. The van der Waals surface area contributed by atoms with Gasteiger partial charge in [0.1, 0.15) is 11.5 Å². The molecule has 0 saturated carbocycles. The summed E-state index contributed by atoms with van der Waals surface area (Å²) in [7, 11) is 0. The first-order chi connectivity index (χ1) is 10.1. The maximum absolute atomic E-state index is 13.6. The van der Waals surface area contributed by atoms with Gasteiger partial charge < -0.3 is 10.6 Å². The van der Waals surface area contributed by atoms with E-state index in [2.05, 4.69) is 22.5 Å². The summed E-state index contributed by atoms with van der Waals surface area (Å²) >= 11 is 0. The number of hydrogen-bond donors (Lipinski definition) is 2. The first-order valence-electron chi connectivity index (χ1n) is 6.87. The SMILES string of the molecule is CCCNc1ccc(C(=O)Nc2cc(C)ccc2F)nc1. The second-order valence-corrected chi connectivity index (χ2v) is 4.80. The van der Waals surface area contributed by atoms with Gasteiger partial charge in [-0.15, -0.1) is 0 Å². The Morgan fingerprint density at radius 1 is 1.29 bits per heavy atom. The molecule has 0 aliphatic carbocycles. The van der Waals surface area contributed by atoms with Gasteiger partial charge in [-0.1, -0.05) is 13.0 Å². The van der Waals surface area contributed by atoms with Gasteiger partial charge in [0.25, 0.3) is 5.91 Å². The first-order valence-corrected chi connectivity index (χ1v) is 6.87. The fraction of sp³-hybridized carbons (Fsp3) is 0.250. The van der Waals surface area contributed by atoms with Crippen molar-refractivity contribution in [3.63, 3.8) is 0 Å². The van der Waals surface area contributed by atoms with E-state index < -0.39 is 11.7 Å². The molecule has 2 rings (SSSR count). The number of carbonyl (C=O) groups excluding carboxylic acids is 1. The maximum atomic E-state index is 13.6. The largest absolute Gasteiger partial charge is 0.384 e. The van der Waals surface area contributed by atoms with Crippen LogP contribution in [-0.2, 0) is 0 Å². The highest BCUT2D eigenvalue weighted by Crippen LogP contribution is 2.16. The van der Waals surface area contributed by atoms with E-state index in [0.717, 1.165) is 24.2 Å². The van der Waals surface area contributed by atoms with Gasteiger partial charge in [-0.05, 0) is 43.2 Å². The number of anilines is 2. The molecule has 2 aromatic rings. The van der Waals surface area contributed by atoms with Crippen molar-refractivity contribution in [1.82, 2.24) is 4.98 Å². The van der Waals surface area contributed by atoms with Crippen molar-refractivity contribution in [3.8, 4) is 0 Å². The Balaban J connectivity index is 2.07. The number of nitrogens with one attached hydrogen (secondary N) is 2. The minimum atomic E-state index is -0.463. The Labute approximate surface area is 123 Å². The first kappa shape index (κ1) is 15.0. The number of pyridine rings is 1. The predicted molar refractivity (Wildman–Crippen MR) is 82.1 cm³/mol. The van der Waals surface area contributed by atoms with Crippen molar-refractivity contribution < 1.29 is 9.18 Å². The van der Waals surface area contributed by atoms with E-state index in [0.29, 0.717) is 0 Å². The van der Waals surface area contributed by atoms with Crippen LogP contribution in [-0.4, -0.2) is 17.4 Å². The van der Waals surface area contributed by atoms with Crippen molar-refractivity contribution in [2.45, 2.75) is 20.3 Å². The number of aryl methyl sites for hydroxylation is 1. The lowest BCUT2D eigenvalue weighted by molar-refractivity contribution is 0.102. The van der Waals surface area contributed by atoms with Gasteiger partial charge in [0, 0.05) is 6.54 Å². The quantitative estimate of drug-likeness (QED) is 0.883. The highest BCUT2D eigenvalue weighted by molar-refractivity contribution is 6.03. The maximum Gasteiger partial charge on any atom is 0.274 e. The molecule has 2 N–H and O–H groups in total. The number of carbonyl (C=O) groups is 1. The fourth-order valence-corrected chi connectivity index (χ4v) is 1.82. The molecule has 0 aliphatic rings. The third-order valence-electron chi connectivity index (χ3n) is 2.95. The Morgan fingerprint density at radius 3 is 2.76 bits per heavy atom. The number of nitrogens with zero attached hydrogens (tertiary/aromatic N) is 1. The van der Waals surface area contributed by atoms with Crippen LogP contribution in [0.5, 0.6) is 0 Å². The molecule has 21 heavy (non-hydrogen) atoms. The summed E-state index contributed by atoms with van der Waals surface area (Å²) in [6.45, 7) is 4.75. The Bertz CT molecular complexity index is 626. The van der Waals surface area contributed by atoms with E-state index in [1.807, 2.05) is 6.92 Å². The second-order valence-electron chi connectivity index (χ2n) is 4.80. The average Bonchev–Trinajstić information content (AvgIpc) is 2.49. The topological polar surface area (TPSA) is 54.0 Å². The molecule has 110 valence electrons. The molecule has 1 aromatic heterocycles. The molecule has 0 saturated heterocycles. The van der Waals surface area contributed by atoms with Gasteiger partial charge in [-0.2, -0.15) is 0 Å². The standard InChI is InChI=1S/C16H18FN3O/c1-3-8-18-12-5-7-14(19-10-12)16(21)20-15-9-11(2)4-6-13(15)17/h4-7,9-10,18H,3,8H2,1-2H3,(H,20,21). The van der Waals surface area contributed by atoms with E-state index in [9.17, 15) is 9.18 Å². The van der Waals surface area contributed by atoms with Crippen molar-refractivity contribution in [2.24, 2.45) is 0 Å². The molecule has 0 bridgehead atoms. The van der Waals surface area contributed by atoms with Crippen LogP contribution in [0, 0.1) is 12.7 Å². The molecule has 0 radical (unpaired) electrons. The monoisotopic (exact) mass is 287 g/mol. The molecule has 0 unspecified atom stereocenters. The number of halogens is 1. The van der Waals surface area contributed by atoms with E-state index >= 15 is 0 Å². The average molecular weight is 287 g/mol. The summed E-state index contributed by atoms with van der Waals surface area (Å²) in [5.41, 5.74) is 2.14. The summed E-state index contributed by atoms with van der Waals surface area (Å²) < 4.78 is 13.6. The molecule has 0 fully saturated rings. The molecule has 0 aliphatic heterocycles. The summed E-state index contributed by atoms with van der Waals surface area (Å²) in [4.78, 5) is 16.1. The van der Waals surface area contributed by atoms with Crippen molar-refractivity contribution in [2.75, 3.05) is 17.2 Å². The third-order valence-corrected chi connectivity index (χ3v) is 2.95. The molecule has 4 nitrogen and oxygen atoms in total. The van der Waals surface area contributed by atoms with Gasteiger partial charge in [-0.3, -0.25) is 4.79 Å².